The highest BCUT2D eigenvalue weighted by atomic mass is 35.5. The average molecular weight is 386 g/mol. The van der Waals surface area contributed by atoms with E-state index in [1.807, 2.05) is 18.2 Å². The number of aliphatic hydroxyl groups is 1. The molecule has 6 nitrogen and oxygen atoms in total. The normalized spacial score (nSPS) is 31.5. The van der Waals surface area contributed by atoms with Crippen LogP contribution in [0.1, 0.15) is 24.8 Å². The van der Waals surface area contributed by atoms with Crippen molar-refractivity contribution in [2.24, 2.45) is 16.6 Å². The highest BCUT2D eigenvalue weighted by Gasteiger charge is 2.55. The molecule has 0 saturated heterocycles. The number of nitrogens with zero attached hydrogens (tertiary/aromatic N) is 2. The van der Waals surface area contributed by atoms with Gasteiger partial charge in [-0.05, 0) is 43.0 Å². The van der Waals surface area contributed by atoms with Crippen LogP contribution in [0.15, 0.2) is 41.7 Å². The monoisotopic (exact) mass is 385 g/mol. The molecule has 4 atom stereocenters. The molecule has 3 N–H and O–H groups in total. The number of aliphatic imine (C=N–C) groups is 1. The van der Waals surface area contributed by atoms with E-state index in [1.165, 1.54) is 0 Å². The fourth-order valence-electron chi connectivity index (χ4n) is 4.62. The van der Waals surface area contributed by atoms with Gasteiger partial charge in [-0.3, -0.25) is 4.98 Å². The van der Waals surface area contributed by atoms with Crippen LogP contribution in [0.2, 0.25) is 5.02 Å². The largest absolute Gasteiger partial charge is 0.490 e. The Hall–Kier alpha value is -2.31. The molecular formula is C20H20ClN3O3. The summed E-state index contributed by atoms with van der Waals surface area (Å²) in [5.74, 6) is 0.816. The van der Waals surface area contributed by atoms with Gasteiger partial charge in [0.1, 0.15) is 24.0 Å². The molecule has 3 heterocycles. The zero-order valence-electron chi connectivity index (χ0n) is 14.6. The topological polar surface area (TPSA) is 90.0 Å². The van der Waals surface area contributed by atoms with Gasteiger partial charge in [-0.1, -0.05) is 17.7 Å². The highest BCUT2D eigenvalue weighted by Crippen LogP contribution is 2.53. The van der Waals surface area contributed by atoms with Crippen molar-refractivity contribution in [1.82, 2.24) is 4.98 Å². The quantitative estimate of drug-likeness (QED) is 0.787. The van der Waals surface area contributed by atoms with Crippen molar-refractivity contribution < 1.29 is 14.6 Å². The first-order valence-corrected chi connectivity index (χ1v) is 9.51. The number of hydrogen-bond donors (Lipinski definition) is 2. The number of halogens is 1. The maximum absolute atomic E-state index is 10.3. The molecule has 2 unspecified atom stereocenters. The van der Waals surface area contributed by atoms with Gasteiger partial charge in [-0.25, -0.2) is 4.99 Å². The van der Waals surface area contributed by atoms with E-state index in [-0.39, 0.29) is 24.1 Å². The molecule has 140 valence electrons. The van der Waals surface area contributed by atoms with Crippen LogP contribution in [0, 0.1) is 5.92 Å². The van der Waals surface area contributed by atoms with Gasteiger partial charge in [0.05, 0.1) is 11.1 Å². The number of ether oxygens (including phenoxy) is 2. The van der Waals surface area contributed by atoms with Gasteiger partial charge in [-0.15, -0.1) is 0 Å². The molecule has 1 aromatic heterocycles. The molecule has 3 aliphatic rings. The standard InChI is InChI=1S/C20H20ClN3O3/c21-13-5-12(8-23-9-13)11-1-3-17-15(6-11)20(10-26-19(22)24-20)16-7-14(25)2-4-18(16)27-17/h1,3,5-6,8-9,14,16,18,25H,2,4,7,10H2,(H2,22,24)/t14?,16-,18-,20?/m0/s1. The second-order valence-corrected chi connectivity index (χ2v) is 7.93. The average Bonchev–Trinajstić information content (AvgIpc) is 3.05. The summed E-state index contributed by atoms with van der Waals surface area (Å²) in [7, 11) is 0. The van der Waals surface area contributed by atoms with E-state index in [0.29, 0.717) is 18.1 Å². The predicted octanol–water partition coefficient (Wildman–Crippen LogP) is 2.86. The van der Waals surface area contributed by atoms with Crippen molar-refractivity contribution in [3.05, 3.63) is 47.2 Å². The summed E-state index contributed by atoms with van der Waals surface area (Å²) in [6, 6.07) is 8.10. The van der Waals surface area contributed by atoms with Crippen LogP contribution in [0.4, 0.5) is 0 Å². The van der Waals surface area contributed by atoms with Crippen LogP contribution in [0.5, 0.6) is 5.75 Å². The van der Waals surface area contributed by atoms with Crippen LogP contribution in [0.3, 0.4) is 0 Å². The number of fused-ring (bicyclic) bond motifs is 4. The zero-order chi connectivity index (χ0) is 18.6. The molecule has 1 saturated carbocycles. The van der Waals surface area contributed by atoms with Crippen molar-refractivity contribution in [3.8, 4) is 16.9 Å². The molecule has 1 spiro atoms. The third kappa shape index (κ3) is 2.66. The van der Waals surface area contributed by atoms with Crippen LogP contribution in [0.25, 0.3) is 11.1 Å². The summed E-state index contributed by atoms with van der Waals surface area (Å²) in [6.45, 7) is 0.361. The van der Waals surface area contributed by atoms with Gasteiger partial charge >= 0.3 is 0 Å². The van der Waals surface area contributed by atoms with Crippen LogP contribution >= 0.6 is 11.6 Å². The Morgan fingerprint density at radius 2 is 2.07 bits per heavy atom. The maximum atomic E-state index is 10.3. The number of pyridine rings is 1. The number of amidine groups is 1. The van der Waals surface area contributed by atoms with Gasteiger partial charge in [-0.2, -0.15) is 0 Å². The van der Waals surface area contributed by atoms with Crippen LogP contribution < -0.4 is 10.5 Å². The smallest absolute Gasteiger partial charge is 0.283 e. The first-order chi connectivity index (χ1) is 13.0. The van der Waals surface area contributed by atoms with E-state index in [9.17, 15) is 5.11 Å². The summed E-state index contributed by atoms with van der Waals surface area (Å²) >= 11 is 6.11. The first-order valence-electron chi connectivity index (χ1n) is 9.13. The molecule has 0 radical (unpaired) electrons. The van der Waals surface area contributed by atoms with Crippen molar-refractivity contribution >= 4 is 17.6 Å². The van der Waals surface area contributed by atoms with Gasteiger partial charge in [0, 0.05) is 29.4 Å². The lowest BCUT2D eigenvalue weighted by Gasteiger charge is -2.47. The summed E-state index contributed by atoms with van der Waals surface area (Å²) in [6.07, 6.45) is 5.18. The summed E-state index contributed by atoms with van der Waals surface area (Å²) in [5.41, 5.74) is 8.12. The van der Waals surface area contributed by atoms with E-state index in [2.05, 4.69) is 11.1 Å². The van der Waals surface area contributed by atoms with Crippen molar-refractivity contribution in [2.75, 3.05) is 6.61 Å². The SMILES string of the molecule is NC1=NC2(CO1)c1cc(-c3cncc(Cl)c3)ccc1O[C@H]1CCC(O)C[C@@H]12. The molecule has 1 aliphatic carbocycles. The third-order valence-electron chi connectivity index (χ3n) is 5.88. The highest BCUT2D eigenvalue weighted by molar-refractivity contribution is 6.30. The lowest BCUT2D eigenvalue weighted by molar-refractivity contribution is -0.0359. The molecule has 0 amide bonds. The second-order valence-electron chi connectivity index (χ2n) is 7.50. The third-order valence-corrected chi connectivity index (χ3v) is 6.09. The maximum Gasteiger partial charge on any atom is 0.283 e. The Labute approximate surface area is 162 Å². The number of nitrogens with two attached hydrogens (primary N) is 1. The van der Waals surface area contributed by atoms with Gasteiger partial charge < -0.3 is 20.3 Å². The molecular weight excluding hydrogens is 366 g/mol. The Morgan fingerprint density at radius 3 is 2.85 bits per heavy atom. The number of benzene rings is 1. The first kappa shape index (κ1) is 16.8. The second kappa shape index (κ2) is 6.11. The van der Waals surface area contributed by atoms with Crippen molar-refractivity contribution in [3.63, 3.8) is 0 Å². The van der Waals surface area contributed by atoms with E-state index in [4.69, 9.17) is 31.8 Å². The minimum absolute atomic E-state index is 0.00200. The van der Waals surface area contributed by atoms with Gasteiger partial charge in [0.15, 0.2) is 0 Å². The van der Waals surface area contributed by atoms with Gasteiger partial charge in [0.25, 0.3) is 6.02 Å². The molecule has 7 heteroatoms. The van der Waals surface area contributed by atoms with Crippen molar-refractivity contribution in [2.45, 2.75) is 37.0 Å². The molecule has 0 bridgehead atoms. The molecule has 1 fully saturated rings. The van der Waals surface area contributed by atoms with E-state index in [0.717, 1.165) is 35.3 Å². The Kier molecular flexibility index (Phi) is 3.81. The Bertz CT molecular complexity index is 934. The van der Waals surface area contributed by atoms with Gasteiger partial charge in [0.2, 0.25) is 0 Å². The molecule has 5 rings (SSSR count). The zero-order valence-corrected chi connectivity index (χ0v) is 15.4. The lowest BCUT2D eigenvalue weighted by atomic mass is 9.67. The molecule has 27 heavy (non-hydrogen) atoms. The van der Waals surface area contributed by atoms with E-state index in [1.54, 1.807) is 12.4 Å². The fourth-order valence-corrected chi connectivity index (χ4v) is 4.79. The molecule has 2 aliphatic heterocycles. The minimum atomic E-state index is -0.633. The fraction of sp³-hybridized carbons (Fsp3) is 0.400. The Balaban J connectivity index is 1.66. The lowest BCUT2D eigenvalue weighted by Crippen LogP contribution is -2.51. The molecule has 2 aromatic rings. The minimum Gasteiger partial charge on any atom is -0.490 e. The number of aromatic nitrogens is 1. The predicted molar refractivity (Wildman–Crippen MR) is 102 cm³/mol. The summed E-state index contributed by atoms with van der Waals surface area (Å²) < 4.78 is 11.9. The molecule has 1 aromatic carbocycles. The van der Waals surface area contributed by atoms with E-state index < -0.39 is 5.54 Å². The van der Waals surface area contributed by atoms with E-state index >= 15 is 0 Å². The number of hydrogen-bond acceptors (Lipinski definition) is 6. The van der Waals surface area contributed by atoms with Crippen LogP contribution in [-0.4, -0.2) is 34.9 Å². The summed E-state index contributed by atoms with van der Waals surface area (Å²) in [5, 5.41) is 10.9. The number of rotatable bonds is 1. The van der Waals surface area contributed by atoms with Crippen molar-refractivity contribution in [1.29, 1.82) is 0 Å². The Morgan fingerprint density at radius 1 is 1.19 bits per heavy atom. The summed E-state index contributed by atoms with van der Waals surface area (Å²) in [4.78, 5) is 8.91. The van der Waals surface area contributed by atoms with Crippen LogP contribution in [-0.2, 0) is 10.3 Å². The number of aliphatic hydroxyl groups excluding tert-OH is 1.